The third-order valence-electron chi connectivity index (χ3n) is 4.07. The maximum absolute atomic E-state index is 13.5. The van der Waals surface area contributed by atoms with Crippen LogP contribution in [0, 0.1) is 35.2 Å². The molecule has 0 spiro atoms. The van der Waals surface area contributed by atoms with Crippen LogP contribution in [0.2, 0.25) is 0 Å². The molecule has 1 nitrogen and oxygen atoms in total. The molecule has 2 saturated carbocycles. The molecule has 1 N–H and O–H groups in total. The molecule has 2 aliphatic rings. The van der Waals surface area contributed by atoms with Crippen LogP contribution in [0.15, 0.2) is 12.1 Å². The Labute approximate surface area is 97.3 Å². The topological polar surface area (TPSA) is 20.2 Å². The van der Waals surface area contributed by atoms with Crippen molar-refractivity contribution in [2.24, 2.45) is 17.8 Å². The van der Waals surface area contributed by atoms with Gasteiger partial charge in [-0.3, -0.25) is 0 Å². The first-order valence-corrected chi connectivity index (χ1v) is 5.88. The summed E-state index contributed by atoms with van der Waals surface area (Å²) in [6, 6.07) is 1.24. The summed E-state index contributed by atoms with van der Waals surface area (Å²) >= 11 is 0. The van der Waals surface area contributed by atoms with E-state index in [9.17, 15) is 18.3 Å². The molecule has 17 heavy (non-hydrogen) atoms. The van der Waals surface area contributed by atoms with Gasteiger partial charge in [-0.15, -0.1) is 0 Å². The summed E-state index contributed by atoms with van der Waals surface area (Å²) in [7, 11) is 0. The van der Waals surface area contributed by atoms with Gasteiger partial charge >= 0.3 is 0 Å². The van der Waals surface area contributed by atoms with E-state index in [0.29, 0.717) is 24.0 Å². The molecule has 0 aliphatic heterocycles. The molecule has 3 atom stereocenters. The molecule has 0 radical (unpaired) electrons. The molecule has 0 aromatic heterocycles. The summed E-state index contributed by atoms with van der Waals surface area (Å²) in [5.74, 6) is -1.77. The number of hydrogen-bond acceptors (Lipinski definition) is 1. The van der Waals surface area contributed by atoms with Crippen LogP contribution in [0.3, 0.4) is 0 Å². The number of aliphatic hydroxyl groups is 1. The standard InChI is InChI=1S/C13H13F3O/c14-9-4-10(15)12(11(16)5-9)13(17)8-2-6-1-7(6)3-8/h4-8,13,17H,1-3H2. The van der Waals surface area contributed by atoms with Gasteiger partial charge < -0.3 is 5.11 Å². The van der Waals surface area contributed by atoms with Crippen molar-refractivity contribution in [2.75, 3.05) is 0 Å². The minimum Gasteiger partial charge on any atom is -0.388 e. The highest BCUT2D eigenvalue weighted by Gasteiger charge is 2.48. The fourth-order valence-corrected chi connectivity index (χ4v) is 3.09. The van der Waals surface area contributed by atoms with Crippen LogP contribution in [0.1, 0.15) is 30.9 Å². The lowest BCUT2D eigenvalue weighted by Gasteiger charge is -2.20. The first-order chi connectivity index (χ1) is 8.06. The van der Waals surface area contributed by atoms with Crippen molar-refractivity contribution in [3.63, 3.8) is 0 Å². The van der Waals surface area contributed by atoms with E-state index in [1.54, 1.807) is 0 Å². The zero-order chi connectivity index (χ0) is 12.2. The van der Waals surface area contributed by atoms with Gasteiger partial charge in [0.25, 0.3) is 0 Å². The molecule has 3 rings (SSSR count). The normalized spacial score (nSPS) is 32.4. The highest BCUT2D eigenvalue weighted by Crippen LogP contribution is 2.57. The number of rotatable bonds is 2. The van der Waals surface area contributed by atoms with Crippen molar-refractivity contribution in [3.05, 3.63) is 35.1 Å². The van der Waals surface area contributed by atoms with E-state index < -0.39 is 23.6 Å². The first-order valence-electron chi connectivity index (χ1n) is 5.88. The predicted molar refractivity (Wildman–Crippen MR) is 55.6 cm³/mol. The third kappa shape index (κ3) is 1.84. The van der Waals surface area contributed by atoms with Gasteiger partial charge in [0, 0.05) is 12.1 Å². The van der Waals surface area contributed by atoms with E-state index >= 15 is 0 Å². The zero-order valence-corrected chi connectivity index (χ0v) is 9.17. The minimum absolute atomic E-state index is 0.0896. The van der Waals surface area contributed by atoms with Crippen molar-refractivity contribution < 1.29 is 18.3 Å². The molecule has 0 heterocycles. The van der Waals surface area contributed by atoms with Gasteiger partial charge in [0.15, 0.2) is 0 Å². The van der Waals surface area contributed by atoms with Crippen molar-refractivity contribution in [2.45, 2.75) is 25.4 Å². The number of benzene rings is 1. The number of fused-ring (bicyclic) bond motifs is 1. The van der Waals surface area contributed by atoms with Crippen LogP contribution < -0.4 is 0 Å². The Morgan fingerprint density at radius 3 is 2.06 bits per heavy atom. The molecular formula is C13H13F3O. The van der Waals surface area contributed by atoms with Crippen molar-refractivity contribution >= 4 is 0 Å². The summed E-state index contributed by atoms with van der Waals surface area (Å²) in [6.07, 6.45) is 1.67. The van der Waals surface area contributed by atoms with Crippen LogP contribution >= 0.6 is 0 Å². The van der Waals surface area contributed by atoms with Crippen molar-refractivity contribution in [3.8, 4) is 0 Å². The monoisotopic (exact) mass is 242 g/mol. The molecular weight excluding hydrogens is 229 g/mol. The fraction of sp³-hybridized carbons (Fsp3) is 0.538. The number of aliphatic hydroxyl groups excluding tert-OH is 1. The molecule has 0 bridgehead atoms. The summed E-state index contributed by atoms with van der Waals surface area (Å²) in [4.78, 5) is 0. The molecule has 92 valence electrons. The lowest BCUT2D eigenvalue weighted by molar-refractivity contribution is 0.0965. The largest absolute Gasteiger partial charge is 0.388 e. The van der Waals surface area contributed by atoms with Crippen LogP contribution in [0.4, 0.5) is 13.2 Å². The summed E-state index contributed by atoms with van der Waals surface area (Å²) in [5, 5.41) is 10.0. The maximum Gasteiger partial charge on any atom is 0.134 e. The molecule has 2 fully saturated rings. The number of halogens is 3. The van der Waals surface area contributed by atoms with Gasteiger partial charge in [-0.2, -0.15) is 0 Å². The van der Waals surface area contributed by atoms with E-state index in [1.807, 2.05) is 0 Å². The average molecular weight is 242 g/mol. The number of hydrogen-bond donors (Lipinski definition) is 1. The summed E-state index contributed by atoms with van der Waals surface area (Å²) in [6.45, 7) is 0. The van der Waals surface area contributed by atoms with Gasteiger partial charge in [-0.25, -0.2) is 13.2 Å². The molecule has 1 aromatic rings. The highest BCUT2D eigenvalue weighted by molar-refractivity contribution is 5.24. The Kier molecular flexibility index (Phi) is 2.43. The van der Waals surface area contributed by atoms with E-state index in [4.69, 9.17) is 0 Å². The lowest BCUT2D eigenvalue weighted by atomic mass is 9.91. The molecule has 2 aliphatic carbocycles. The average Bonchev–Trinajstić information content (AvgIpc) is 2.84. The van der Waals surface area contributed by atoms with Crippen molar-refractivity contribution in [1.82, 2.24) is 0 Å². The van der Waals surface area contributed by atoms with Crippen LogP contribution in [0.5, 0.6) is 0 Å². The van der Waals surface area contributed by atoms with Gasteiger partial charge in [0.05, 0.1) is 11.7 Å². The van der Waals surface area contributed by atoms with Crippen LogP contribution in [0.25, 0.3) is 0 Å². The first kappa shape index (κ1) is 11.1. The molecule has 3 unspecified atom stereocenters. The third-order valence-corrected chi connectivity index (χ3v) is 4.07. The lowest BCUT2D eigenvalue weighted by Crippen LogP contribution is -2.14. The molecule has 0 amide bonds. The Morgan fingerprint density at radius 1 is 1.00 bits per heavy atom. The van der Waals surface area contributed by atoms with Gasteiger partial charge in [-0.05, 0) is 37.0 Å². The Bertz CT molecular complexity index is 427. The SMILES string of the molecule is OC(c1c(F)cc(F)cc1F)C1CC2CC2C1. The Balaban J connectivity index is 1.87. The van der Waals surface area contributed by atoms with Gasteiger partial charge in [0.1, 0.15) is 17.5 Å². The van der Waals surface area contributed by atoms with E-state index in [2.05, 4.69) is 0 Å². The second-order valence-corrected chi connectivity index (χ2v) is 5.22. The fourth-order valence-electron chi connectivity index (χ4n) is 3.09. The van der Waals surface area contributed by atoms with E-state index in [0.717, 1.165) is 12.8 Å². The second kappa shape index (κ2) is 3.73. The Hall–Kier alpha value is -1.03. The van der Waals surface area contributed by atoms with E-state index in [1.165, 1.54) is 6.42 Å². The molecule has 4 heteroatoms. The highest BCUT2D eigenvalue weighted by atomic mass is 19.1. The second-order valence-electron chi connectivity index (χ2n) is 5.22. The zero-order valence-electron chi connectivity index (χ0n) is 9.17. The van der Waals surface area contributed by atoms with Crippen LogP contribution in [-0.2, 0) is 0 Å². The molecule has 1 aromatic carbocycles. The maximum atomic E-state index is 13.5. The quantitative estimate of drug-likeness (QED) is 0.844. The Morgan fingerprint density at radius 2 is 1.53 bits per heavy atom. The summed E-state index contributed by atoms with van der Waals surface area (Å²) in [5.41, 5.74) is -0.377. The molecule has 0 saturated heterocycles. The van der Waals surface area contributed by atoms with Crippen LogP contribution in [-0.4, -0.2) is 5.11 Å². The smallest absolute Gasteiger partial charge is 0.134 e. The minimum atomic E-state index is -1.15. The predicted octanol–water partition coefficient (Wildman–Crippen LogP) is 3.18. The van der Waals surface area contributed by atoms with Gasteiger partial charge in [0.2, 0.25) is 0 Å². The van der Waals surface area contributed by atoms with Gasteiger partial charge in [-0.1, -0.05) is 0 Å². The van der Waals surface area contributed by atoms with Crippen molar-refractivity contribution in [1.29, 1.82) is 0 Å². The van der Waals surface area contributed by atoms with E-state index in [-0.39, 0.29) is 11.5 Å². The summed E-state index contributed by atoms with van der Waals surface area (Å²) < 4.78 is 39.7.